The van der Waals surface area contributed by atoms with Crippen LogP contribution in [0.25, 0.3) is 11.1 Å². The minimum absolute atomic E-state index is 0.0670. The van der Waals surface area contributed by atoms with Gasteiger partial charge in [0.1, 0.15) is 22.3 Å². The summed E-state index contributed by atoms with van der Waals surface area (Å²) in [7, 11) is -2.64. The second-order valence-corrected chi connectivity index (χ2v) is 10.2. The molecule has 0 bridgehead atoms. The number of sulfonamides is 1. The van der Waals surface area contributed by atoms with Gasteiger partial charge in [0.2, 0.25) is 11.9 Å². The van der Waals surface area contributed by atoms with Gasteiger partial charge in [0, 0.05) is 41.7 Å². The van der Waals surface area contributed by atoms with Crippen LogP contribution in [0.5, 0.6) is 5.75 Å². The lowest BCUT2D eigenvalue weighted by atomic mass is 10.0. The Bertz CT molecular complexity index is 1590. The van der Waals surface area contributed by atoms with E-state index in [-0.39, 0.29) is 40.1 Å². The third kappa shape index (κ3) is 5.58. The number of benzene rings is 2. The van der Waals surface area contributed by atoms with E-state index >= 15 is 4.39 Å². The highest BCUT2D eigenvalue weighted by atomic mass is 35.5. The summed E-state index contributed by atoms with van der Waals surface area (Å²) in [5.74, 6) is -0.799. The highest BCUT2D eigenvalue weighted by Crippen LogP contribution is 2.39. The maximum absolute atomic E-state index is 15.4. The molecule has 0 saturated heterocycles. The number of aromatic nitrogens is 3. The number of halogens is 2. The highest BCUT2D eigenvalue weighted by molar-refractivity contribution is 7.92. The van der Waals surface area contributed by atoms with Crippen LogP contribution in [0.1, 0.15) is 18.9 Å². The average molecular weight is 556 g/mol. The first-order valence-electron chi connectivity index (χ1n) is 11.4. The van der Waals surface area contributed by atoms with Gasteiger partial charge in [-0.1, -0.05) is 24.6 Å². The molecule has 0 aliphatic rings. The molecule has 4 aromatic rings. The van der Waals surface area contributed by atoms with Crippen molar-refractivity contribution in [2.45, 2.75) is 25.2 Å². The topological polar surface area (TPSA) is 114 Å². The molecule has 0 unspecified atom stereocenters. The lowest BCUT2D eigenvalue weighted by Gasteiger charge is -2.24. The molecule has 0 fully saturated rings. The fourth-order valence-corrected chi connectivity index (χ4v) is 4.67. The fraction of sp³-hybridized carbons (Fsp3) is 0.154. The first-order chi connectivity index (χ1) is 18.1. The van der Waals surface area contributed by atoms with Gasteiger partial charge in [0.05, 0.1) is 12.8 Å². The number of carbonyl (C=O) groups excluding carboxylic acids is 1. The van der Waals surface area contributed by atoms with E-state index in [4.69, 9.17) is 16.3 Å². The van der Waals surface area contributed by atoms with Gasteiger partial charge in [-0.3, -0.25) is 9.69 Å². The van der Waals surface area contributed by atoms with Crippen LogP contribution >= 0.6 is 11.6 Å². The Hall–Kier alpha value is -4.09. The molecule has 4 rings (SSSR count). The number of hydrogen-bond acceptors (Lipinski definition) is 7. The number of pyridine rings is 1. The quantitative estimate of drug-likeness (QED) is 0.304. The number of methoxy groups -OCH3 is 1. The predicted molar refractivity (Wildman–Crippen MR) is 143 cm³/mol. The Labute approximate surface area is 224 Å². The van der Waals surface area contributed by atoms with Crippen molar-refractivity contribution in [2.24, 2.45) is 0 Å². The van der Waals surface area contributed by atoms with Crippen molar-refractivity contribution in [1.29, 1.82) is 0 Å². The van der Waals surface area contributed by atoms with E-state index < -0.39 is 21.7 Å². The van der Waals surface area contributed by atoms with Crippen molar-refractivity contribution in [3.8, 4) is 16.9 Å². The number of aryl methyl sites for hydroxylation is 1. The van der Waals surface area contributed by atoms with Gasteiger partial charge < -0.3 is 4.74 Å². The monoisotopic (exact) mass is 555 g/mol. The second-order valence-electron chi connectivity index (χ2n) is 8.08. The van der Waals surface area contributed by atoms with Gasteiger partial charge >= 0.3 is 0 Å². The maximum Gasteiger partial charge on any atom is 0.265 e. The molecular weight excluding hydrogens is 533 g/mol. The van der Waals surface area contributed by atoms with Gasteiger partial charge in [0.25, 0.3) is 10.0 Å². The first-order valence-corrected chi connectivity index (χ1v) is 13.2. The van der Waals surface area contributed by atoms with Crippen LogP contribution in [0.2, 0.25) is 5.02 Å². The molecule has 0 saturated carbocycles. The van der Waals surface area contributed by atoms with Crippen LogP contribution in [0.15, 0.2) is 72.0 Å². The third-order valence-electron chi connectivity index (χ3n) is 5.58. The van der Waals surface area contributed by atoms with Crippen LogP contribution < -0.4 is 14.4 Å². The largest absolute Gasteiger partial charge is 0.495 e. The zero-order valence-electron chi connectivity index (χ0n) is 20.6. The number of ether oxygens (including phenoxy) is 1. The van der Waals surface area contributed by atoms with E-state index in [1.54, 1.807) is 31.2 Å². The Morgan fingerprint density at radius 1 is 1.11 bits per heavy atom. The number of carbonyl (C=O) groups is 1. The normalized spacial score (nSPS) is 11.2. The number of amides is 1. The maximum atomic E-state index is 15.4. The lowest BCUT2D eigenvalue weighted by Crippen LogP contribution is -2.26. The van der Waals surface area contributed by atoms with Crippen molar-refractivity contribution in [1.82, 2.24) is 15.0 Å². The van der Waals surface area contributed by atoms with E-state index in [2.05, 4.69) is 19.7 Å². The Morgan fingerprint density at radius 3 is 2.45 bits per heavy atom. The highest BCUT2D eigenvalue weighted by Gasteiger charge is 2.25. The molecule has 0 aliphatic heterocycles. The van der Waals surface area contributed by atoms with E-state index in [1.165, 1.54) is 48.7 Å². The van der Waals surface area contributed by atoms with E-state index in [0.29, 0.717) is 10.6 Å². The molecule has 1 N–H and O–H groups in total. The zero-order chi connectivity index (χ0) is 27.4. The summed E-state index contributed by atoms with van der Waals surface area (Å²) in [5, 5.41) is 0.556. The van der Waals surface area contributed by atoms with Gasteiger partial charge in [-0.15, -0.1) is 0 Å². The third-order valence-corrected chi connectivity index (χ3v) is 7.32. The number of rotatable bonds is 8. The molecule has 12 heteroatoms. The van der Waals surface area contributed by atoms with Crippen LogP contribution in [0.4, 0.5) is 21.8 Å². The summed E-state index contributed by atoms with van der Waals surface area (Å²) in [4.78, 5) is 25.9. The summed E-state index contributed by atoms with van der Waals surface area (Å²) in [6, 6.07) is 12.0. The molecule has 38 heavy (non-hydrogen) atoms. The summed E-state index contributed by atoms with van der Waals surface area (Å²) >= 11 is 6.11. The first kappa shape index (κ1) is 27.0. The van der Waals surface area contributed by atoms with Gasteiger partial charge in [-0.2, -0.15) is 0 Å². The standard InChI is InChI=1S/C26H23ClFN5O4S/c1-4-25(34)33(24-9-7-18(15-31-24)38(35,36)32-26-29-10-5-11-30-26)22-14-21(28)19(13-23(22)37-3)17-6-8-20(27)16(2)12-17/h5-15H,4H2,1-3H3,(H,29,30,32). The van der Waals surface area contributed by atoms with Crippen LogP contribution in [0.3, 0.4) is 0 Å². The van der Waals surface area contributed by atoms with Crippen LogP contribution in [0, 0.1) is 12.7 Å². The fourth-order valence-electron chi connectivity index (χ4n) is 3.65. The van der Waals surface area contributed by atoms with Gasteiger partial charge in [-0.05, 0) is 54.4 Å². The molecule has 1 amide bonds. The summed E-state index contributed by atoms with van der Waals surface area (Å²) in [6.07, 6.45) is 3.94. The number of hydrogen-bond donors (Lipinski definition) is 1. The molecular formula is C26H23ClFN5O4S. The van der Waals surface area contributed by atoms with Crippen molar-refractivity contribution < 1.29 is 22.3 Å². The molecule has 0 spiro atoms. The van der Waals surface area contributed by atoms with Crippen molar-refractivity contribution in [2.75, 3.05) is 16.7 Å². The van der Waals surface area contributed by atoms with Crippen LogP contribution in [-0.2, 0) is 14.8 Å². The molecule has 196 valence electrons. The molecule has 2 aromatic heterocycles. The lowest BCUT2D eigenvalue weighted by molar-refractivity contribution is -0.117. The van der Waals surface area contributed by atoms with Crippen molar-refractivity contribution in [3.05, 3.63) is 83.5 Å². The second kappa shape index (κ2) is 11.1. The van der Waals surface area contributed by atoms with Crippen molar-refractivity contribution in [3.63, 3.8) is 0 Å². The number of anilines is 3. The van der Waals surface area contributed by atoms with E-state index in [9.17, 15) is 13.2 Å². The molecule has 0 aliphatic carbocycles. The van der Waals surface area contributed by atoms with E-state index in [1.807, 2.05) is 6.92 Å². The van der Waals surface area contributed by atoms with Gasteiger partial charge in [-0.25, -0.2) is 32.5 Å². The predicted octanol–water partition coefficient (Wildman–Crippen LogP) is 5.52. The minimum atomic E-state index is -4.04. The van der Waals surface area contributed by atoms with Gasteiger partial charge in [0.15, 0.2) is 0 Å². The Morgan fingerprint density at radius 2 is 1.84 bits per heavy atom. The van der Waals surface area contributed by atoms with E-state index in [0.717, 1.165) is 11.8 Å². The average Bonchev–Trinajstić information content (AvgIpc) is 2.91. The molecule has 0 radical (unpaired) electrons. The Balaban J connectivity index is 1.74. The zero-order valence-corrected chi connectivity index (χ0v) is 22.2. The molecule has 9 nitrogen and oxygen atoms in total. The summed E-state index contributed by atoms with van der Waals surface area (Å²) in [5.41, 5.74) is 1.75. The Kier molecular flexibility index (Phi) is 7.88. The summed E-state index contributed by atoms with van der Waals surface area (Å²) < 4.78 is 48.6. The SMILES string of the molecule is CCC(=O)N(c1ccc(S(=O)(=O)Nc2ncccn2)cn1)c1cc(F)c(-c2ccc(Cl)c(C)c2)cc1OC. The molecule has 2 aromatic carbocycles. The van der Waals surface area contributed by atoms with Crippen LogP contribution in [-0.4, -0.2) is 36.4 Å². The molecule has 2 heterocycles. The number of nitrogens with zero attached hydrogens (tertiary/aromatic N) is 4. The van der Waals surface area contributed by atoms with Crippen molar-refractivity contribution >= 4 is 45.0 Å². The minimum Gasteiger partial charge on any atom is -0.495 e. The molecule has 0 atom stereocenters. The number of nitrogens with one attached hydrogen (secondary N) is 1. The summed E-state index contributed by atoms with van der Waals surface area (Å²) in [6.45, 7) is 3.46. The smallest absolute Gasteiger partial charge is 0.265 e.